The van der Waals surface area contributed by atoms with Crippen LogP contribution in [0.25, 0.3) is 11.3 Å². The summed E-state index contributed by atoms with van der Waals surface area (Å²) in [7, 11) is 0. The lowest BCUT2D eigenvalue weighted by molar-refractivity contribution is -0.173. The summed E-state index contributed by atoms with van der Waals surface area (Å²) in [6.07, 6.45) is 7.93. The molecule has 0 unspecified atom stereocenters. The van der Waals surface area contributed by atoms with Gasteiger partial charge in [-0.1, -0.05) is 106 Å². The number of unbranched alkanes of at least 4 members (excludes halogenated alkanes) is 1. The molecule has 2 aliphatic heterocycles. The highest BCUT2D eigenvalue weighted by molar-refractivity contribution is 6.30. The molecule has 1 spiro atoms. The van der Waals surface area contributed by atoms with Crippen LogP contribution in [0, 0.1) is 11.3 Å². The molecule has 270 valence electrons. The number of nitrogens with zero attached hydrogens (tertiary/aromatic N) is 2. The van der Waals surface area contributed by atoms with Crippen molar-refractivity contribution in [3.63, 3.8) is 0 Å². The van der Waals surface area contributed by atoms with Crippen LogP contribution >= 0.6 is 11.6 Å². The summed E-state index contributed by atoms with van der Waals surface area (Å²) in [4.78, 5) is 14.2. The molecule has 3 aromatic carbocycles. The van der Waals surface area contributed by atoms with Crippen molar-refractivity contribution in [2.75, 3.05) is 19.7 Å². The van der Waals surface area contributed by atoms with Crippen LogP contribution < -0.4 is 4.74 Å². The van der Waals surface area contributed by atoms with E-state index in [4.69, 9.17) is 21.1 Å². The Bertz CT molecular complexity index is 1790. The monoisotopic (exact) mass is 709 g/mol. The number of carboxylic acid groups (broad SMARTS) is 1. The highest BCUT2D eigenvalue weighted by atomic mass is 35.5. The maximum Gasteiger partial charge on any atom is 0.341 e. The van der Waals surface area contributed by atoms with Crippen LogP contribution in [-0.4, -0.2) is 52.0 Å². The Morgan fingerprint density at radius 3 is 2.49 bits per heavy atom. The number of carboxylic acids is 1. The highest BCUT2D eigenvalue weighted by Gasteiger charge is 2.50. The van der Waals surface area contributed by atoms with Crippen molar-refractivity contribution in [3.05, 3.63) is 118 Å². The highest BCUT2D eigenvalue weighted by Crippen LogP contribution is 2.55. The number of nitrogens with one attached hydrogen (secondary N) is 1. The van der Waals surface area contributed by atoms with E-state index in [-0.39, 0.29) is 29.0 Å². The maximum absolute atomic E-state index is 11.7. The van der Waals surface area contributed by atoms with E-state index < -0.39 is 12.6 Å². The average Bonchev–Trinajstić information content (AvgIpc) is 3.59. The van der Waals surface area contributed by atoms with E-state index in [0.29, 0.717) is 5.75 Å². The zero-order valence-corrected chi connectivity index (χ0v) is 31.2. The van der Waals surface area contributed by atoms with Gasteiger partial charge in [-0.25, -0.2) is 4.79 Å². The van der Waals surface area contributed by atoms with Gasteiger partial charge >= 0.3 is 5.97 Å². The van der Waals surface area contributed by atoms with Crippen molar-refractivity contribution in [2.45, 2.75) is 90.4 Å². The quantitative estimate of drug-likeness (QED) is 0.134. The molecule has 3 heterocycles. The first-order valence-electron chi connectivity index (χ1n) is 18.4. The molecule has 7 nitrogen and oxygen atoms in total. The lowest BCUT2D eigenvalue weighted by Crippen LogP contribution is -2.52. The minimum Gasteiger partial charge on any atom is -0.482 e. The number of aromatic nitrogens is 2. The molecule has 3 atom stereocenters. The minimum atomic E-state index is -1.00. The van der Waals surface area contributed by atoms with Crippen molar-refractivity contribution in [3.8, 4) is 17.0 Å². The van der Waals surface area contributed by atoms with Crippen molar-refractivity contribution in [1.82, 2.24) is 15.1 Å². The smallest absolute Gasteiger partial charge is 0.341 e. The van der Waals surface area contributed by atoms with Crippen LogP contribution in [0.1, 0.15) is 94.6 Å². The first-order valence-corrected chi connectivity index (χ1v) is 18.7. The van der Waals surface area contributed by atoms with Crippen molar-refractivity contribution in [1.29, 1.82) is 0 Å². The molecule has 0 aliphatic carbocycles. The molecule has 8 heteroatoms. The molecule has 2 aliphatic rings. The predicted molar refractivity (Wildman–Crippen MR) is 204 cm³/mol. The summed E-state index contributed by atoms with van der Waals surface area (Å²) in [5.74, 6) is -0.377. The molecule has 0 bridgehead atoms. The summed E-state index contributed by atoms with van der Waals surface area (Å²) >= 11 is 6.16. The lowest BCUT2D eigenvalue weighted by Gasteiger charge is -2.54. The molecular formula is C43H52ClN3O4. The van der Waals surface area contributed by atoms with Gasteiger partial charge in [0.2, 0.25) is 0 Å². The third kappa shape index (κ3) is 8.11. The van der Waals surface area contributed by atoms with E-state index in [1.54, 1.807) is 0 Å². The fourth-order valence-corrected chi connectivity index (χ4v) is 8.38. The fraction of sp³-hybridized carbons (Fsp3) is 0.442. The largest absolute Gasteiger partial charge is 0.482 e. The summed E-state index contributed by atoms with van der Waals surface area (Å²) in [5.41, 5.74) is 7.37. The van der Waals surface area contributed by atoms with E-state index in [9.17, 15) is 9.90 Å². The third-order valence-corrected chi connectivity index (χ3v) is 11.7. The molecule has 0 amide bonds. The lowest BCUT2D eigenvalue weighted by atomic mass is 9.62. The fourth-order valence-electron chi connectivity index (χ4n) is 8.25. The van der Waals surface area contributed by atoms with E-state index in [0.717, 1.165) is 91.1 Å². The van der Waals surface area contributed by atoms with Crippen LogP contribution in [-0.2, 0) is 21.5 Å². The Balaban J connectivity index is 1.28. The Morgan fingerprint density at radius 1 is 1.10 bits per heavy atom. The number of piperidine rings is 1. The number of ether oxygens (including phenoxy) is 2. The van der Waals surface area contributed by atoms with Crippen molar-refractivity contribution in [2.24, 2.45) is 11.3 Å². The molecule has 6 rings (SSSR count). The molecule has 0 radical (unpaired) electrons. The van der Waals surface area contributed by atoms with Gasteiger partial charge in [0, 0.05) is 34.0 Å². The second-order valence-electron chi connectivity index (χ2n) is 15.2. The van der Waals surface area contributed by atoms with Gasteiger partial charge in [0.25, 0.3) is 0 Å². The number of benzene rings is 3. The Kier molecular flexibility index (Phi) is 11.4. The molecule has 51 heavy (non-hydrogen) atoms. The van der Waals surface area contributed by atoms with Crippen molar-refractivity contribution < 1.29 is 19.4 Å². The van der Waals surface area contributed by atoms with Crippen molar-refractivity contribution >= 4 is 17.6 Å². The van der Waals surface area contributed by atoms with Gasteiger partial charge in [0.1, 0.15) is 5.75 Å². The number of halogens is 1. The van der Waals surface area contributed by atoms with Gasteiger partial charge in [-0.15, -0.1) is 0 Å². The number of likely N-dealkylation sites (tertiary alicyclic amines) is 1. The van der Waals surface area contributed by atoms with Gasteiger partial charge in [-0.05, 0) is 92.1 Å². The van der Waals surface area contributed by atoms with Crippen LogP contribution in [0.4, 0.5) is 0 Å². The van der Waals surface area contributed by atoms with E-state index >= 15 is 0 Å². The zero-order chi connectivity index (χ0) is 36.2. The molecule has 2 fully saturated rings. The Morgan fingerprint density at radius 2 is 1.82 bits per heavy atom. The number of hydrogen-bond donors (Lipinski definition) is 2. The molecule has 2 N–H and O–H groups in total. The van der Waals surface area contributed by atoms with Crippen LogP contribution in [0.15, 0.2) is 91.1 Å². The Labute approximate surface area is 308 Å². The number of hydrogen-bond acceptors (Lipinski definition) is 5. The first-order chi connectivity index (χ1) is 24.5. The molecule has 0 saturated carbocycles. The molecule has 1 aromatic heterocycles. The van der Waals surface area contributed by atoms with Gasteiger partial charge in [0.15, 0.2) is 6.61 Å². The van der Waals surface area contributed by atoms with Crippen LogP contribution in [0.5, 0.6) is 5.75 Å². The normalized spacial score (nSPS) is 20.7. The van der Waals surface area contributed by atoms with Gasteiger partial charge in [0.05, 0.1) is 24.1 Å². The third-order valence-electron chi connectivity index (χ3n) is 11.4. The SMILES string of the molecule is C=C(C)[C@@H]1CC2(CCN(Cc3cn[nH]c3-c3ccc(Cl)cc3)CC2)[C@@H](CCCC)O[C@H]1c1cc(C(C)(C)c2ccccc2)ccc1OCC(=O)O. The number of H-pyrrole nitrogens is 1. The molecule has 4 aromatic rings. The predicted octanol–water partition coefficient (Wildman–Crippen LogP) is 10.0. The standard InChI is InChI=1S/C43H52ClN3O4/c1-6-7-13-38-43(20-22-47(23-21-43)27-31-26-45-46-40(31)30-14-17-34(44)18-15-30)25-36(29(2)3)41(51-38)35-24-33(16-19-37(35)50-28-39(48)49)42(4,5)32-11-9-8-10-12-32/h8-12,14-19,24,26,36,38,41H,2,6-7,13,20-23,25,27-28H2,1,3-5H3,(H,45,46)(H,48,49)/t36-,38+,41-/m0/s1. The summed E-state index contributed by atoms with van der Waals surface area (Å²) in [6, 6.07) is 24.6. The minimum absolute atomic E-state index is 0.0181. The number of carbonyl (C=O) groups is 1. The van der Waals surface area contributed by atoms with Crippen LogP contribution in [0.3, 0.4) is 0 Å². The van der Waals surface area contributed by atoms with Gasteiger partial charge < -0.3 is 14.6 Å². The summed E-state index contributed by atoms with van der Waals surface area (Å²) in [5, 5.41) is 17.9. The van der Waals surface area contributed by atoms with Gasteiger partial charge in [-0.3, -0.25) is 10.00 Å². The number of aliphatic carboxylic acids is 1. The first kappa shape index (κ1) is 36.9. The summed E-state index contributed by atoms with van der Waals surface area (Å²) < 4.78 is 13.3. The van der Waals surface area contributed by atoms with E-state index in [1.165, 1.54) is 11.1 Å². The summed E-state index contributed by atoms with van der Waals surface area (Å²) in [6.45, 7) is 15.7. The van der Waals surface area contributed by atoms with Crippen LogP contribution in [0.2, 0.25) is 5.02 Å². The molecular weight excluding hydrogens is 658 g/mol. The second-order valence-corrected chi connectivity index (χ2v) is 15.6. The zero-order valence-electron chi connectivity index (χ0n) is 30.5. The second kappa shape index (κ2) is 15.8. The topological polar surface area (TPSA) is 87.7 Å². The number of aromatic amines is 1. The average molecular weight is 710 g/mol. The molecule has 2 saturated heterocycles. The van der Waals surface area contributed by atoms with Gasteiger partial charge in [-0.2, -0.15) is 5.10 Å². The maximum atomic E-state index is 11.7. The van der Waals surface area contributed by atoms with E-state index in [1.807, 2.05) is 42.6 Å². The Hall–Kier alpha value is -3.91. The number of rotatable bonds is 13. The van der Waals surface area contributed by atoms with E-state index in [2.05, 4.69) is 85.8 Å².